The van der Waals surface area contributed by atoms with Crippen LogP contribution in [0.25, 0.3) is 0 Å². The number of carbonyl (C=O) groups is 4. The first-order valence-electron chi connectivity index (χ1n) is 13.8. The van der Waals surface area contributed by atoms with Gasteiger partial charge in [-0.15, -0.1) is 0 Å². The number of unbranched alkanes of at least 4 members (excludes halogenated alkanes) is 2. The Balaban J connectivity index is -0.000000213. The number of ether oxygens (including phenoxy) is 4. The average molecular weight is 545 g/mol. The number of rotatable bonds is 14. The van der Waals surface area contributed by atoms with Crippen LogP contribution in [0.1, 0.15) is 121 Å². The molecule has 0 radical (unpaired) electrons. The zero-order valence-corrected chi connectivity index (χ0v) is 25.9. The molecule has 0 fully saturated rings. The highest BCUT2D eigenvalue weighted by Crippen LogP contribution is 2.06. The smallest absolute Gasteiger partial charge is 0.305 e. The molecule has 0 N–H and O–H groups in total. The van der Waals surface area contributed by atoms with E-state index in [0.29, 0.717) is 39.3 Å². The second-order valence-corrected chi connectivity index (χ2v) is 8.41. The highest BCUT2D eigenvalue weighted by Gasteiger charge is 1.98. The van der Waals surface area contributed by atoms with Crippen molar-refractivity contribution in [3.8, 4) is 0 Å². The van der Waals surface area contributed by atoms with Gasteiger partial charge >= 0.3 is 23.9 Å². The fourth-order valence-corrected chi connectivity index (χ4v) is 2.38. The van der Waals surface area contributed by atoms with Gasteiger partial charge in [-0.2, -0.15) is 0 Å². The summed E-state index contributed by atoms with van der Waals surface area (Å²) in [6.45, 7) is 20.4. The summed E-state index contributed by atoms with van der Waals surface area (Å²) in [7, 11) is 0. The molecule has 0 amide bonds. The van der Waals surface area contributed by atoms with E-state index in [0.717, 1.165) is 38.5 Å². The Morgan fingerprint density at radius 3 is 1.42 bits per heavy atom. The molecule has 0 heterocycles. The van der Waals surface area contributed by atoms with Gasteiger partial charge in [0.05, 0.1) is 19.8 Å². The predicted octanol–water partition coefficient (Wildman–Crippen LogP) is 7.29. The van der Waals surface area contributed by atoms with Gasteiger partial charge in [-0.1, -0.05) is 43.9 Å². The first kappa shape index (κ1) is 42.4. The predicted molar refractivity (Wildman–Crippen MR) is 154 cm³/mol. The SMILES string of the molecule is CC(=O)OCC=C(C)CCC=C(C)C.CCCC(=O)OCC.CCCCCC(=O)OCC.CCOC(C)=O. The van der Waals surface area contributed by atoms with Gasteiger partial charge in [0.15, 0.2) is 0 Å². The first-order valence-corrected chi connectivity index (χ1v) is 13.8. The summed E-state index contributed by atoms with van der Waals surface area (Å²) >= 11 is 0. The molecule has 38 heavy (non-hydrogen) atoms. The maximum Gasteiger partial charge on any atom is 0.305 e. The molecule has 0 aliphatic heterocycles. The summed E-state index contributed by atoms with van der Waals surface area (Å²) in [6, 6.07) is 0. The van der Waals surface area contributed by atoms with Crippen molar-refractivity contribution in [1.82, 2.24) is 0 Å². The normalized spacial score (nSPS) is 9.58. The summed E-state index contributed by atoms with van der Waals surface area (Å²) < 4.78 is 18.6. The van der Waals surface area contributed by atoms with E-state index < -0.39 is 0 Å². The van der Waals surface area contributed by atoms with Crippen LogP contribution in [0.3, 0.4) is 0 Å². The lowest BCUT2D eigenvalue weighted by atomic mass is 10.1. The Labute approximate surface area is 232 Å². The first-order chi connectivity index (χ1) is 17.9. The van der Waals surface area contributed by atoms with Crippen LogP contribution < -0.4 is 0 Å². The molecule has 0 saturated carbocycles. The zero-order chi connectivity index (χ0) is 30.2. The quantitative estimate of drug-likeness (QED) is 0.0971. The highest BCUT2D eigenvalue weighted by molar-refractivity contribution is 5.69. The maximum atomic E-state index is 10.7. The Hall–Kier alpha value is -2.64. The van der Waals surface area contributed by atoms with Crippen LogP contribution in [0.4, 0.5) is 0 Å². The third-order valence-corrected chi connectivity index (χ3v) is 4.21. The Morgan fingerprint density at radius 2 is 1.05 bits per heavy atom. The standard InChI is InChI=1S/C12H20O2.C8H16O2.C6H12O2.C4H8O2/c1-10(2)6-5-7-11(3)8-9-14-12(4)13;1-3-5-6-7-8(9)10-4-2;1-3-5-6(7)8-4-2;1-3-6-4(2)5/h6,8H,5,7,9H2,1-4H3;3-7H2,1-2H3;3-5H2,1-2H3;3H2,1-2H3. The molecular weight excluding hydrogens is 488 g/mol. The van der Waals surface area contributed by atoms with Gasteiger partial charge in [0.25, 0.3) is 0 Å². The summed E-state index contributed by atoms with van der Waals surface area (Å²) in [6.07, 6.45) is 11.5. The zero-order valence-electron chi connectivity index (χ0n) is 25.9. The largest absolute Gasteiger partial charge is 0.466 e. The Morgan fingerprint density at radius 1 is 0.553 bits per heavy atom. The molecule has 0 aromatic carbocycles. The van der Waals surface area contributed by atoms with E-state index in [9.17, 15) is 19.2 Å². The minimum absolute atomic E-state index is 0.0593. The monoisotopic (exact) mass is 544 g/mol. The third kappa shape index (κ3) is 50.3. The third-order valence-electron chi connectivity index (χ3n) is 4.21. The Kier molecular flexibility index (Phi) is 38.4. The number of carbonyl (C=O) groups excluding carboxylic acids is 4. The van der Waals surface area contributed by atoms with E-state index >= 15 is 0 Å². The van der Waals surface area contributed by atoms with Crippen molar-refractivity contribution in [2.24, 2.45) is 0 Å². The molecule has 224 valence electrons. The molecule has 0 saturated heterocycles. The van der Waals surface area contributed by atoms with E-state index in [-0.39, 0.29) is 23.9 Å². The fourth-order valence-electron chi connectivity index (χ4n) is 2.38. The molecule has 8 heteroatoms. The van der Waals surface area contributed by atoms with Gasteiger partial charge in [-0.25, -0.2) is 0 Å². The molecule has 0 rings (SSSR count). The summed E-state index contributed by atoms with van der Waals surface area (Å²) in [5.74, 6) is -0.582. The topological polar surface area (TPSA) is 105 Å². The molecule has 0 aromatic rings. The maximum absolute atomic E-state index is 10.7. The number of esters is 4. The van der Waals surface area contributed by atoms with Crippen LogP contribution in [0.5, 0.6) is 0 Å². The van der Waals surface area contributed by atoms with Gasteiger partial charge in [0.2, 0.25) is 0 Å². The van der Waals surface area contributed by atoms with E-state index in [1.54, 1.807) is 6.92 Å². The second-order valence-electron chi connectivity index (χ2n) is 8.41. The van der Waals surface area contributed by atoms with Crippen molar-refractivity contribution in [2.45, 2.75) is 121 Å². The summed E-state index contributed by atoms with van der Waals surface area (Å²) in [5, 5.41) is 0. The van der Waals surface area contributed by atoms with E-state index in [2.05, 4.69) is 43.2 Å². The van der Waals surface area contributed by atoms with Crippen molar-refractivity contribution in [3.05, 3.63) is 23.3 Å². The summed E-state index contributed by atoms with van der Waals surface area (Å²) in [5.41, 5.74) is 2.61. The van der Waals surface area contributed by atoms with Crippen molar-refractivity contribution < 1.29 is 38.1 Å². The van der Waals surface area contributed by atoms with Gasteiger partial charge < -0.3 is 18.9 Å². The lowest BCUT2D eigenvalue weighted by Gasteiger charge is -2.00. The van der Waals surface area contributed by atoms with Crippen LogP contribution in [0, 0.1) is 0 Å². The second kappa shape index (κ2) is 34.4. The lowest BCUT2D eigenvalue weighted by molar-refractivity contribution is -0.144. The lowest BCUT2D eigenvalue weighted by Crippen LogP contribution is -2.02. The highest BCUT2D eigenvalue weighted by atomic mass is 16.5. The molecule has 0 aliphatic rings. The number of allylic oxidation sites excluding steroid dienone is 3. The molecule has 8 nitrogen and oxygen atoms in total. The van der Waals surface area contributed by atoms with Crippen LogP contribution >= 0.6 is 0 Å². The molecule has 0 aliphatic carbocycles. The van der Waals surface area contributed by atoms with Gasteiger partial charge in [0.1, 0.15) is 6.61 Å². The van der Waals surface area contributed by atoms with Crippen molar-refractivity contribution >= 4 is 23.9 Å². The van der Waals surface area contributed by atoms with Crippen LogP contribution in [-0.2, 0) is 38.1 Å². The van der Waals surface area contributed by atoms with Gasteiger partial charge in [-0.3, -0.25) is 19.2 Å². The fraction of sp³-hybridized carbons (Fsp3) is 0.733. The molecular formula is C30H56O8. The number of hydrogen-bond donors (Lipinski definition) is 0. The van der Waals surface area contributed by atoms with Crippen LogP contribution in [-0.4, -0.2) is 50.3 Å². The minimum atomic E-state index is -0.224. The minimum Gasteiger partial charge on any atom is -0.466 e. The Bertz CT molecular complexity index is 639. The van der Waals surface area contributed by atoms with Crippen molar-refractivity contribution in [1.29, 1.82) is 0 Å². The summed E-state index contributed by atoms with van der Waals surface area (Å²) in [4.78, 5) is 41.4. The van der Waals surface area contributed by atoms with Gasteiger partial charge in [-0.05, 0) is 73.3 Å². The molecule has 0 atom stereocenters. The van der Waals surface area contributed by atoms with E-state index in [1.807, 2.05) is 26.8 Å². The molecule has 0 aromatic heterocycles. The molecule has 0 bridgehead atoms. The van der Waals surface area contributed by atoms with Crippen LogP contribution in [0.2, 0.25) is 0 Å². The van der Waals surface area contributed by atoms with E-state index in [4.69, 9.17) is 9.47 Å². The van der Waals surface area contributed by atoms with Gasteiger partial charge in [0, 0.05) is 26.7 Å². The molecule has 0 unspecified atom stereocenters. The van der Waals surface area contributed by atoms with E-state index in [1.165, 1.54) is 25.0 Å². The molecule has 0 spiro atoms. The van der Waals surface area contributed by atoms with Crippen molar-refractivity contribution in [3.63, 3.8) is 0 Å². The van der Waals surface area contributed by atoms with Crippen LogP contribution in [0.15, 0.2) is 23.3 Å². The number of hydrogen-bond acceptors (Lipinski definition) is 8. The average Bonchev–Trinajstić information content (AvgIpc) is 2.80. The van der Waals surface area contributed by atoms with Crippen molar-refractivity contribution in [2.75, 3.05) is 26.4 Å².